The molecule has 1 aromatic heterocycles. The first-order chi connectivity index (χ1) is 8.31. The van der Waals surface area contributed by atoms with E-state index in [2.05, 4.69) is 22.2 Å². The van der Waals surface area contributed by atoms with Crippen molar-refractivity contribution < 1.29 is 9.47 Å². The molecule has 0 bridgehead atoms. The van der Waals surface area contributed by atoms with Crippen molar-refractivity contribution in [2.75, 3.05) is 31.2 Å². The van der Waals surface area contributed by atoms with E-state index in [-0.39, 0.29) is 5.79 Å². The molecule has 0 radical (unpaired) electrons. The van der Waals surface area contributed by atoms with Crippen LogP contribution in [0.25, 0.3) is 0 Å². The number of nitrogens with zero attached hydrogens (tertiary/aromatic N) is 2. The number of hydrogen-bond donors (Lipinski definition) is 0. The largest absolute Gasteiger partial charge is 0.348 e. The number of hydrogen-bond acceptors (Lipinski definition) is 5. The van der Waals surface area contributed by atoms with Crippen LogP contribution in [0.4, 0.5) is 5.13 Å². The maximum absolute atomic E-state index is 5.73. The molecule has 2 saturated heterocycles. The second kappa shape index (κ2) is 4.55. The summed E-state index contributed by atoms with van der Waals surface area (Å²) >= 11 is 1.74. The average molecular weight is 254 g/mol. The summed E-state index contributed by atoms with van der Waals surface area (Å²) in [6.45, 7) is 5.60. The van der Waals surface area contributed by atoms with Crippen molar-refractivity contribution >= 4 is 16.5 Å². The summed E-state index contributed by atoms with van der Waals surface area (Å²) < 4.78 is 11.5. The van der Waals surface area contributed by atoms with Crippen molar-refractivity contribution in [2.24, 2.45) is 0 Å². The Kier molecular flexibility index (Phi) is 3.06. The Morgan fingerprint density at radius 3 is 2.65 bits per heavy atom. The number of aromatic nitrogens is 1. The fourth-order valence-electron chi connectivity index (χ4n) is 2.43. The first-order valence-electron chi connectivity index (χ1n) is 6.29. The Morgan fingerprint density at radius 2 is 2.06 bits per heavy atom. The van der Waals surface area contributed by atoms with Crippen LogP contribution in [-0.2, 0) is 15.9 Å². The van der Waals surface area contributed by atoms with Gasteiger partial charge < -0.3 is 14.4 Å². The minimum Gasteiger partial charge on any atom is -0.348 e. The van der Waals surface area contributed by atoms with Crippen molar-refractivity contribution in [1.29, 1.82) is 0 Å². The minimum absolute atomic E-state index is 0.276. The fourth-order valence-corrected chi connectivity index (χ4v) is 3.39. The van der Waals surface area contributed by atoms with Crippen LogP contribution in [-0.4, -0.2) is 37.1 Å². The lowest BCUT2D eigenvalue weighted by Gasteiger charge is -2.37. The van der Waals surface area contributed by atoms with Crippen LogP contribution in [0.3, 0.4) is 0 Å². The predicted molar refractivity (Wildman–Crippen MR) is 67.6 cm³/mol. The molecule has 0 aliphatic carbocycles. The summed E-state index contributed by atoms with van der Waals surface area (Å²) in [7, 11) is 0. The number of aryl methyl sites for hydroxylation is 1. The van der Waals surface area contributed by atoms with Gasteiger partial charge in [0.05, 0.1) is 18.9 Å². The highest BCUT2D eigenvalue weighted by Crippen LogP contribution is 2.34. The van der Waals surface area contributed by atoms with Crippen LogP contribution in [0.5, 0.6) is 0 Å². The van der Waals surface area contributed by atoms with Crippen LogP contribution < -0.4 is 4.90 Å². The zero-order chi connectivity index (χ0) is 11.7. The van der Waals surface area contributed by atoms with Gasteiger partial charge in [-0.25, -0.2) is 4.98 Å². The second-order valence-corrected chi connectivity index (χ2v) is 5.41. The zero-order valence-corrected chi connectivity index (χ0v) is 11.0. The molecule has 2 aliphatic heterocycles. The van der Waals surface area contributed by atoms with Gasteiger partial charge in [0.25, 0.3) is 0 Å². The van der Waals surface area contributed by atoms with E-state index in [1.807, 2.05) is 0 Å². The fraction of sp³-hybridized carbons (Fsp3) is 0.750. The molecule has 94 valence electrons. The highest BCUT2D eigenvalue weighted by molar-refractivity contribution is 7.13. The molecule has 4 nitrogen and oxygen atoms in total. The van der Waals surface area contributed by atoms with Crippen LogP contribution in [0, 0.1) is 0 Å². The Balaban J connectivity index is 1.64. The molecule has 0 N–H and O–H groups in total. The lowest BCUT2D eigenvalue weighted by Crippen LogP contribution is -2.45. The molecule has 2 fully saturated rings. The molecule has 0 saturated carbocycles. The summed E-state index contributed by atoms with van der Waals surface area (Å²) in [6.07, 6.45) is 2.92. The average Bonchev–Trinajstić information content (AvgIpc) is 3.00. The number of anilines is 1. The van der Waals surface area contributed by atoms with Crippen LogP contribution >= 0.6 is 11.3 Å². The van der Waals surface area contributed by atoms with Gasteiger partial charge in [-0.1, -0.05) is 6.92 Å². The maximum atomic E-state index is 5.73. The normalized spacial score (nSPS) is 23.5. The van der Waals surface area contributed by atoms with E-state index in [0.29, 0.717) is 0 Å². The van der Waals surface area contributed by atoms with Crippen molar-refractivity contribution in [3.8, 4) is 0 Å². The van der Waals surface area contributed by atoms with Crippen molar-refractivity contribution in [1.82, 2.24) is 4.98 Å². The van der Waals surface area contributed by atoms with Gasteiger partial charge in [-0.3, -0.25) is 0 Å². The molecule has 17 heavy (non-hydrogen) atoms. The quantitative estimate of drug-likeness (QED) is 0.809. The third-order valence-corrected chi connectivity index (χ3v) is 4.46. The SMILES string of the molecule is CCc1csc(N2CCC3(CC2)OCCO3)n1. The van der Waals surface area contributed by atoms with Gasteiger partial charge in [-0.2, -0.15) is 0 Å². The van der Waals surface area contributed by atoms with Gasteiger partial charge in [0.1, 0.15) is 0 Å². The number of rotatable bonds is 2. The van der Waals surface area contributed by atoms with E-state index in [1.54, 1.807) is 11.3 Å². The molecule has 5 heteroatoms. The molecule has 0 aromatic carbocycles. The van der Waals surface area contributed by atoms with E-state index in [0.717, 1.165) is 50.7 Å². The van der Waals surface area contributed by atoms with Gasteiger partial charge in [0, 0.05) is 31.3 Å². The lowest BCUT2D eigenvalue weighted by atomic mass is 10.0. The van der Waals surface area contributed by atoms with Crippen molar-refractivity contribution in [3.05, 3.63) is 11.1 Å². The highest BCUT2D eigenvalue weighted by Gasteiger charge is 2.40. The monoisotopic (exact) mass is 254 g/mol. The molecule has 3 heterocycles. The predicted octanol–water partition coefficient (Wildman–Crippen LogP) is 2.05. The number of piperidine rings is 1. The van der Waals surface area contributed by atoms with Gasteiger partial charge in [-0.05, 0) is 6.42 Å². The Hall–Kier alpha value is -0.650. The molecule has 0 atom stereocenters. The molecule has 0 unspecified atom stereocenters. The van der Waals surface area contributed by atoms with Gasteiger partial charge in [-0.15, -0.1) is 11.3 Å². The summed E-state index contributed by atoms with van der Waals surface area (Å²) in [5, 5.41) is 3.30. The Morgan fingerprint density at radius 1 is 1.35 bits per heavy atom. The third-order valence-electron chi connectivity index (χ3n) is 3.51. The summed E-state index contributed by atoms with van der Waals surface area (Å²) in [4.78, 5) is 6.98. The summed E-state index contributed by atoms with van der Waals surface area (Å²) in [6, 6.07) is 0. The molecule has 1 spiro atoms. The lowest BCUT2D eigenvalue weighted by molar-refractivity contribution is -0.169. The first-order valence-corrected chi connectivity index (χ1v) is 7.16. The minimum atomic E-state index is -0.276. The van der Waals surface area contributed by atoms with Gasteiger partial charge in [0.15, 0.2) is 10.9 Å². The van der Waals surface area contributed by atoms with Crippen molar-refractivity contribution in [3.63, 3.8) is 0 Å². The first kappa shape index (κ1) is 11.4. The van der Waals surface area contributed by atoms with Crippen molar-refractivity contribution in [2.45, 2.75) is 32.0 Å². The van der Waals surface area contributed by atoms with E-state index in [4.69, 9.17) is 9.47 Å². The molecule has 3 rings (SSSR count). The number of ether oxygens (including phenoxy) is 2. The molecular formula is C12H18N2O2S. The zero-order valence-electron chi connectivity index (χ0n) is 10.1. The summed E-state index contributed by atoms with van der Waals surface area (Å²) in [5.41, 5.74) is 1.19. The van der Waals surface area contributed by atoms with Gasteiger partial charge in [0.2, 0.25) is 0 Å². The van der Waals surface area contributed by atoms with E-state index in [1.165, 1.54) is 5.69 Å². The second-order valence-electron chi connectivity index (χ2n) is 4.57. The Bertz CT molecular complexity index is 378. The van der Waals surface area contributed by atoms with Gasteiger partial charge >= 0.3 is 0 Å². The van der Waals surface area contributed by atoms with E-state index < -0.39 is 0 Å². The Labute approximate surface area is 106 Å². The standard InChI is InChI=1S/C12H18N2O2S/c1-2-10-9-17-11(13-10)14-5-3-12(4-6-14)15-7-8-16-12/h9H,2-8H2,1H3. The van der Waals surface area contributed by atoms with E-state index >= 15 is 0 Å². The van der Waals surface area contributed by atoms with Crippen LogP contribution in [0.1, 0.15) is 25.5 Å². The highest BCUT2D eigenvalue weighted by atomic mass is 32.1. The topological polar surface area (TPSA) is 34.6 Å². The molecule has 0 amide bonds. The molecule has 2 aliphatic rings. The maximum Gasteiger partial charge on any atom is 0.185 e. The van der Waals surface area contributed by atoms with Crippen LogP contribution in [0.2, 0.25) is 0 Å². The molecular weight excluding hydrogens is 236 g/mol. The molecule has 1 aromatic rings. The van der Waals surface area contributed by atoms with E-state index in [9.17, 15) is 0 Å². The number of thiazole rings is 1. The summed E-state index contributed by atoms with van der Waals surface area (Å²) in [5.74, 6) is -0.276. The third kappa shape index (κ3) is 2.19. The smallest absolute Gasteiger partial charge is 0.185 e. The van der Waals surface area contributed by atoms with Crippen LogP contribution in [0.15, 0.2) is 5.38 Å².